The second-order valence-electron chi connectivity index (χ2n) is 6.93. The molecule has 7 heteroatoms. The molecule has 7 nitrogen and oxygen atoms in total. The van der Waals surface area contributed by atoms with Gasteiger partial charge in [-0.1, -0.05) is 25.6 Å². The first kappa shape index (κ1) is 20.5. The van der Waals surface area contributed by atoms with Crippen molar-refractivity contribution in [3.8, 4) is 5.75 Å². The number of nitrogens with one attached hydrogen (secondary N) is 1. The Balaban J connectivity index is 2.11. The molecule has 0 aliphatic carbocycles. The highest BCUT2D eigenvalue weighted by atomic mass is 16.5. The van der Waals surface area contributed by atoms with Gasteiger partial charge in [-0.25, -0.2) is 4.79 Å². The van der Waals surface area contributed by atoms with Gasteiger partial charge in [0, 0.05) is 0 Å². The number of ether oxygens (including phenoxy) is 2. The van der Waals surface area contributed by atoms with E-state index in [0.29, 0.717) is 24.3 Å². The van der Waals surface area contributed by atoms with E-state index in [4.69, 9.17) is 9.47 Å². The molecule has 1 aromatic carbocycles. The second-order valence-corrected chi connectivity index (χ2v) is 6.93. The van der Waals surface area contributed by atoms with Gasteiger partial charge in [0.1, 0.15) is 24.4 Å². The fourth-order valence-electron chi connectivity index (χ4n) is 2.60. The molecule has 27 heavy (non-hydrogen) atoms. The minimum atomic E-state index is -1.25. The molecular formula is C20H26N2O5. The molecule has 2 unspecified atom stereocenters. The standard InChI is InChI=1S/C20H26N2O5/c1-6-14(4)27-17(23)11-22-18(24)20(5,21-19(22)25)15-7-9-16(10-8-15)26-12-13(2)3/h7-10,14H,2,6,11-12H2,1,3-5H3,(H,21,25). The number of imide groups is 1. The Morgan fingerprint density at radius 3 is 2.48 bits per heavy atom. The minimum absolute atomic E-state index is 0.267. The van der Waals surface area contributed by atoms with Crippen LogP contribution >= 0.6 is 0 Å². The van der Waals surface area contributed by atoms with Gasteiger partial charge in [0.05, 0.1) is 6.10 Å². The van der Waals surface area contributed by atoms with E-state index in [1.165, 1.54) is 0 Å². The molecule has 1 N–H and O–H groups in total. The second kappa shape index (κ2) is 8.24. The fraction of sp³-hybridized carbons (Fsp3) is 0.450. The van der Waals surface area contributed by atoms with Gasteiger partial charge in [-0.15, -0.1) is 0 Å². The summed E-state index contributed by atoms with van der Waals surface area (Å²) in [6.45, 7) is 10.9. The van der Waals surface area contributed by atoms with Gasteiger partial charge in [0.25, 0.3) is 5.91 Å². The number of benzene rings is 1. The van der Waals surface area contributed by atoms with Gasteiger partial charge in [-0.05, 0) is 50.5 Å². The van der Waals surface area contributed by atoms with Crippen molar-refractivity contribution in [2.75, 3.05) is 13.2 Å². The van der Waals surface area contributed by atoms with Crippen molar-refractivity contribution in [2.45, 2.75) is 45.8 Å². The molecule has 1 aliphatic rings. The van der Waals surface area contributed by atoms with E-state index >= 15 is 0 Å². The molecule has 1 saturated heterocycles. The highest BCUT2D eigenvalue weighted by molar-refractivity contribution is 6.08. The van der Waals surface area contributed by atoms with Gasteiger partial charge >= 0.3 is 12.0 Å². The molecule has 0 radical (unpaired) electrons. The smallest absolute Gasteiger partial charge is 0.326 e. The summed E-state index contributed by atoms with van der Waals surface area (Å²) in [5.41, 5.74) is 0.242. The maximum absolute atomic E-state index is 12.8. The van der Waals surface area contributed by atoms with Crippen LogP contribution in [0, 0.1) is 0 Å². The van der Waals surface area contributed by atoms with Gasteiger partial charge in [-0.2, -0.15) is 0 Å². The quantitative estimate of drug-likeness (QED) is 0.430. The average Bonchev–Trinajstić information content (AvgIpc) is 2.84. The van der Waals surface area contributed by atoms with E-state index in [1.807, 2.05) is 13.8 Å². The number of esters is 1. The van der Waals surface area contributed by atoms with Crippen LogP contribution in [0.3, 0.4) is 0 Å². The highest BCUT2D eigenvalue weighted by Gasteiger charge is 2.49. The number of nitrogens with zero attached hydrogens (tertiary/aromatic N) is 1. The molecule has 0 spiro atoms. The fourth-order valence-corrected chi connectivity index (χ4v) is 2.60. The first-order valence-electron chi connectivity index (χ1n) is 8.88. The summed E-state index contributed by atoms with van der Waals surface area (Å²) in [6.07, 6.45) is 0.389. The summed E-state index contributed by atoms with van der Waals surface area (Å²) in [4.78, 5) is 37.9. The molecule has 146 valence electrons. The zero-order valence-electron chi connectivity index (χ0n) is 16.2. The summed E-state index contributed by atoms with van der Waals surface area (Å²) >= 11 is 0. The van der Waals surface area contributed by atoms with Crippen LogP contribution < -0.4 is 10.1 Å². The normalized spacial score (nSPS) is 20.2. The third-order valence-corrected chi connectivity index (χ3v) is 4.39. The van der Waals surface area contributed by atoms with Crippen LogP contribution in [0.15, 0.2) is 36.4 Å². The van der Waals surface area contributed by atoms with Crippen molar-refractivity contribution in [3.05, 3.63) is 42.0 Å². The van der Waals surface area contributed by atoms with E-state index in [0.717, 1.165) is 10.5 Å². The number of urea groups is 1. The Bertz CT molecular complexity index is 743. The van der Waals surface area contributed by atoms with Crippen LogP contribution in [-0.4, -0.2) is 42.1 Å². The number of amides is 3. The van der Waals surface area contributed by atoms with Crippen molar-refractivity contribution in [1.29, 1.82) is 0 Å². The molecule has 2 rings (SSSR count). The Morgan fingerprint density at radius 2 is 1.93 bits per heavy atom. The van der Waals surface area contributed by atoms with Crippen molar-refractivity contribution in [3.63, 3.8) is 0 Å². The number of carbonyl (C=O) groups is 3. The zero-order valence-corrected chi connectivity index (χ0v) is 16.2. The van der Waals surface area contributed by atoms with Crippen molar-refractivity contribution in [1.82, 2.24) is 10.2 Å². The Labute approximate surface area is 159 Å². The lowest BCUT2D eigenvalue weighted by Gasteiger charge is -2.22. The monoisotopic (exact) mass is 374 g/mol. The SMILES string of the molecule is C=C(C)COc1ccc(C2(C)NC(=O)N(CC(=O)OC(C)CC)C2=O)cc1. The van der Waals surface area contributed by atoms with Gasteiger partial charge in [0.2, 0.25) is 0 Å². The lowest BCUT2D eigenvalue weighted by molar-refractivity contribution is -0.151. The van der Waals surface area contributed by atoms with Gasteiger partial charge < -0.3 is 14.8 Å². The summed E-state index contributed by atoms with van der Waals surface area (Å²) in [6, 6.07) is 6.26. The van der Waals surface area contributed by atoms with Crippen LogP contribution in [0.5, 0.6) is 5.75 Å². The molecule has 1 fully saturated rings. The predicted molar refractivity (Wildman–Crippen MR) is 100 cm³/mol. The molecule has 1 aromatic rings. The summed E-state index contributed by atoms with van der Waals surface area (Å²) in [5.74, 6) is -0.471. The molecule has 0 saturated carbocycles. The molecule has 1 aliphatic heterocycles. The molecule has 3 amide bonds. The average molecular weight is 374 g/mol. The topological polar surface area (TPSA) is 84.9 Å². The minimum Gasteiger partial charge on any atom is -0.489 e. The Kier molecular flexibility index (Phi) is 6.25. The number of hydrogen-bond donors (Lipinski definition) is 1. The van der Waals surface area contributed by atoms with Gasteiger partial charge in [0.15, 0.2) is 0 Å². The van der Waals surface area contributed by atoms with E-state index in [9.17, 15) is 14.4 Å². The maximum atomic E-state index is 12.8. The summed E-state index contributed by atoms with van der Waals surface area (Å²) in [5, 5.41) is 2.66. The van der Waals surface area contributed by atoms with Crippen LogP contribution in [0.2, 0.25) is 0 Å². The Hall–Kier alpha value is -2.83. The number of rotatable bonds is 8. The van der Waals surface area contributed by atoms with Crippen molar-refractivity contribution in [2.24, 2.45) is 0 Å². The van der Waals surface area contributed by atoms with Crippen LogP contribution in [0.1, 0.15) is 39.7 Å². The third-order valence-electron chi connectivity index (χ3n) is 4.39. The van der Waals surface area contributed by atoms with Crippen molar-refractivity contribution < 1.29 is 23.9 Å². The molecule has 2 atom stereocenters. The summed E-state index contributed by atoms with van der Waals surface area (Å²) < 4.78 is 10.7. The van der Waals surface area contributed by atoms with Gasteiger partial charge in [-0.3, -0.25) is 14.5 Å². The van der Waals surface area contributed by atoms with E-state index in [1.54, 1.807) is 38.1 Å². The maximum Gasteiger partial charge on any atom is 0.326 e. The van der Waals surface area contributed by atoms with Crippen LogP contribution in [0.4, 0.5) is 4.79 Å². The Morgan fingerprint density at radius 1 is 1.30 bits per heavy atom. The zero-order chi connectivity index (χ0) is 20.2. The highest BCUT2D eigenvalue weighted by Crippen LogP contribution is 2.30. The molecule has 0 bridgehead atoms. The first-order chi connectivity index (χ1) is 12.7. The predicted octanol–water partition coefficient (Wildman–Crippen LogP) is 2.75. The van der Waals surface area contributed by atoms with E-state index < -0.39 is 30.0 Å². The van der Waals surface area contributed by atoms with Crippen LogP contribution in [-0.2, 0) is 19.9 Å². The lowest BCUT2D eigenvalue weighted by atomic mass is 9.92. The lowest BCUT2D eigenvalue weighted by Crippen LogP contribution is -2.41. The third kappa shape index (κ3) is 4.67. The van der Waals surface area contributed by atoms with Crippen molar-refractivity contribution >= 4 is 17.9 Å². The van der Waals surface area contributed by atoms with E-state index in [2.05, 4.69) is 11.9 Å². The van der Waals surface area contributed by atoms with Crippen LogP contribution in [0.25, 0.3) is 0 Å². The number of hydrogen-bond acceptors (Lipinski definition) is 5. The van der Waals surface area contributed by atoms with E-state index in [-0.39, 0.29) is 6.10 Å². The molecule has 1 heterocycles. The molecule has 0 aromatic heterocycles. The largest absolute Gasteiger partial charge is 0.489 e. The number of carbonyl (C=O) groups excluding carboxylic acids is 3. The first-order valence-corrected chi connectivity index (χ1v) is 8.88. The molecular weight excluding hydrogens is 348 g/mol. The summed E-state index contributed by atoms with van der Waals surface area (Å²) in [7, 11) is 0.